The minimum atomic E-state index is 1.21. The Hall–Kier alpha value is -0.780. The van der Waals surface area contributed by atoms with Gasteiger partial charge in [0, 0.05) is 0 Å². The Morgan fingerprint density at radius 3 is 2.11 bits per heavy atom. The fourth-order valence-electron chi connectivity index (χ4n) is 1.89. The third-order valence-corrected chi connectivity index (χ3v) is 3.04. The van der Waals surface area contributed by atoms with Crippen molar-refractivity contribution in [2.75, 3.05) is 0 Å². The maximum Gasteiger partial charge on any atom is -0.0348 e. The van der Waals surface area contributed by atoms with Gasteiger partial charge in [0.2, 0.25) is 0 Å². The van der Waals surface area contributed by atoms with E-state index in [9.17, 15) is 0 Å². The van der Waals surface area contributed by atoms with Crippen LogP contribution in [0.1, 0.15) is 71.1 Å². The van der Waals surface area contributed by atoms with E-state index in [0.717, 1.165) is 0 Å². The smallest absolute Gasteiger partial charge is 0.0348 e. The van der Waals surface area contributed by atoms with Gasteiger partial charge in [0.05, 0.1) is 0 Å². The van der Waals surface area contributed by atoms with Gasteiger partial charge in [0.15, 0.2) is 0 Å². The normalized spacial score (nSPS) is 11.6. The molecule has 18 heavy (non-hydrogen) atoms. The summed E-state index contributed by atoms with van der Waals surface area (Å²) in [6, 6.07) is 0. The van der Waals surface area contributed by atoms with Crippen molar-refractivity contribution in [3.05, 3.63) is 43.4 Å². The standard InChI is InChI=1S/C18H31/c1-3-5-7-9-11-13-15-17-18-16-14-12-10-8-6-4-2/h3,5,7,9-11H,1,4,6,8,12-18H2,2H3/b7-5+,11-9+. The van der Waals surface area contributed by atoms with Crippen LogP contribution < -0.4 is 0 Å². The molecule has 0 rings (SSSR count). The topological polar surface area (TPSA) is 0 Å². The van der Waals surface area contributed by atoms with E-state index in [0.29, 0.717) is 0 Å². The maximum atomic E-state index is 3.64. The van der Waals surface area contributed by atoms with Crippen molar-refractivity contribution in [3.8, 4) is 0 Å². The Labute approximate surface area is 115 Å². The highest BCUT2D eigenvalue weighted by molar-refractivity contribution is 5.08. The van der Waals surface area contributed by atoms with Gasteiger partial charge in [0.1, 0.15) is 0 Å². The molecule has 0 aromatic heterocycles. The van der Waals surface area contributed by atoms with Crippen molar-refractivity contribution >= 4 is 0 Å². The van der Waals surface area contributed by atoms with E-state index in [1.807, 2.05) is 18.2 Å². The molecule has 1 radical (unpaired) electrons. The van der Waals surface area contributed by atoms with Gasteiger partial charge in [-0.15, -0.1) is 0 Å². The highest BCUT2D eigenvalue weighted by Crippen LogP contribution is 2.10. The Balaban J connectivity index is 3.05. The van der Waals surface area contributed by atoms with Gasteiger partial charge in [-0.3, -0.25) is 0 Å². The summed E-state index contributed by atoms with van der Waals surface area (Å²) in [4.78, 5) is 0. The van der Waals surface area contributed by atoms with Crippen molar-refractivity contribution in [2.24, 2.45) is 0 Å². The fourth-order valence-corrected chi connectivity index (χ4v) is 1.89. The summed E-state index contributed by atoms with van der Waals surface area (Å²) >= 11 is 0. The molecule has 0 N–H and O–H groups in total. The molecule has 0 heterocycles. The van der Waals surface area contributed by atoms with Gasteiger partial charge >= 0.3 is 0 Å². The van der Waals surface area contributed by atoms with E-state index in [2.05, 4.69) is 32.1 Å². The first-order chi connectivity index (χ1) is 8.91. The zero-order valence-electron chi connectivity index (χ0n) is 12.2. The summed E-state index contributed by atoms with van der Waals surface area (Å²) in [5.41, 5.74) is 0. The molecule has 0 fully saturated rings. The Morgan fingerprint density at radius 2 is 1.39 bits per heavy atom. The molecule has 0 aliphatic rings. The van der Waals surface area contributed by atoms with Gasteiger partial charge in [-0.25, -0.2) is 0 Å². The first-order valence-electron chi connectivity index (χ1n) is 7.67. The Morgan fingerprint density at radius 1 is 0.722 bits per heavy atom. The molecular formula is C18H31. The lowest BCUT2D eigenvalue weighted by Gasteiger charge is -2.00. The molecule has 0 saturated heterocycles. The first-order valence-corrected chi connectivity index (χ1v) is 7.67. The van der Waals surface area contributed by atoms with Crippen LogP contribution >= 0.6 is 0 Å². The van der Waals surface area contributed by atoms with Crippen molar-refractivity contribution in [1.82, 2.24) is 0 Å². The predicted octanol–water partition coefficient (Wildman–Crippen LogP) is 6.41. The van der Waals surface area contributed by atoms with E-state index >= 15 is 0 Å². The average Bonchev–Trinajstić information content (AvgIpc) is 2.39. The van der Waals surface area contributed by atoms with Crippen molar-refractivity contribution in [1.29, 1.82) is 0 Å². The lowest BCUT2D eigenvalue weighted by molar-refractivity contribution is 0.605. The number of allylic oxidation sites excluding steroid dienone is 5. The molecule has 0 aromatic rings. The average molecular weight is 247 g/mol. The minimum absolute atomic E-state index is 1.21. The molecule has 0 unspecified atom stereocenters. The van der Waals surface area contributed by atoms with Crippen LogP contribution in [-0.4, -0.2) is 0 Å². The molecule has 0 aliphatic heterocycles. The quantitative estimate of drug-likeness (QED) is 0.260. The van der Waals surface area contributed by atoms with Crippen molar-refractivity contribution in [2.45, 2.75) is 71.1 Å². The van der Waals surface area contributed by atoms with E-state index in [4.69, 9.17) is 0 Å². The molecule has 0 aromatic carbocycles. The van der Waals surface area contributed by atoms with E-state index < -0.39 is 0 Å². The Kier molecular flexibility index (Phi) is 15.5. The van der Waals surface area contributed by atoms with Crippen LogP contribution in [-0.2, 0) is 0 Å². The second-order valence-electron chi connectivity index (χ2n) is 4.82. The molecule has 0 saturated carbocycles. The van der Waals surface area contributed by atoms with E-state index in [-0.39, 0.29) is 0 Å². The Bertz CT molecular complexity index is 210. The van der Waals surface area contributed by atoms with Crippen LogP contribution in [0.5, 0.6) is 0 Å². The summed E-state index contributed by atoms with van der Waals surface area (Å²) in [5.74, 6) is 0. The third kappa shape index (κ3) is 15.2. The second-order valence-corrected chi connectivity index (χ2v) is 4.82. The van der Waals surface area contributed by atoms with Crippen LogP contribution in [0, 0.1) is 6.42 Å². The monoisotopic (exact) mass is 247 g/mol. The summed E-state index contributed by atoms with van der Waals surface area (Å²) in [7, 11) is 0. The van der Waals surface area contributed by atoms with Gasteiger partial charge in [-0.05, 0) is 19.3 Å². The zero-order chi connectivity index (χ0) is 13.3. The van der Waals surface area contributed by atoms with Crippen LogP contribution in [0.15, 0.2) is 37.0 Å². The highest BCUT2D eigenvalue weighted by atomic mass is 14.0. The predicted molar refractivity (Wildman–Crippen MR) is 84.6 cm³/mol. The molecule has 0 heteroatoms. The van der Waals surface area contributed by atoms with Crippen LogP contribution in [0.4, 0.5) is 0 Å². The maximum absolute atomic E-state index is 3.64. The van der Waals surface area contributed by atoms with E-state index in [1.165, 1.54) is 64.2 Å². The molecule has 0 bridgehead atoms. The van der Waals surface area contributed by atoms with Gasteiger partial charge in [-0.1, -0.05) is 95.2 Å². The van der Waals surface area contributed by atoms with Gasteiger partial charge < -0.3 is 0 Å². The molecule has 0 nitrogen and oxygen atoms in total. The van der Waals surface area contributed by atoms with Crippen molar-refractivity contribution < 1.29 is 0 Å². The van der Waals surface area contributed by atoms with Gasteiger partial charge in [0.25, 0.3) is 0 Å². The van der Waals surface area contributed by atoms with E-state index in [1.54, 1.807) is 0 Å². The third-order valence-electron chi connectivity index (χ3n) is 3.04. The van der Waals surface area contributed by atoms with Crippen LogP contribution in [0.2, 0.25) is 0 Å². The number of hydrogen-bond donors (Lipinski definition) is 0. The lowest BCUT2D eigenvalue weighted by atomic mass is 10.1. The molecule has 0 aliphatic carbocycles. The summed E-state index contributed by atoms with van der Waals surface area (Å²) in [5, 5.41) is 0. The van der Waals surface area contributed by atoms with Gasteiger partial charge in [-0.2, -0.15) is 0 Å². The molecule has 0 amide bonds. The molecule has 103 valence electrons. The first kappa shape index (κ1) is 17.2. The fraction of sp³-hybridized carbons (Fsp3) is 0.611. The van der Waals surface area contributed by atoms with Crippen LogP contribution in [0.25, 0.3) is 0 Å². The summed E-state index contributed by atoms with van der Waals surface area (Å²) < 4.78 is 0. The molecule has 0 atom stereocenters. The summed E-state index contributed by atoms with van der Waals surface area (Å²) in [6.07, 6.45) is 26.1. The molecule has 0 spiro atoms. The lowest BCUT2D eigenvalue weighted by Crippen LogP contribution is -1.82. The largest absolute Gasteiger partial charge is 0.0991 e. The molecular weight excluding hydrogens is 216 g/mol. The van der Waals surface area contributed by atoms with Crippen molar-refractivity contribution in [3.63, 3.8) is 0 Å². The van der Waals surface area contributed by atoms with Crippen LogP contribution in [0.3, 0.4) is 0 Å². The highest BCUT2D eigenvalue weighted by Gasteiger charge is 1.91. The number of hydrogen-bond acceptors (Lipinski definition) is 0. The minimum Gasteiger partial charge on any atom is -0.0991 e. The zero-order valence-corrected chi connectivity index (χ0v) is 12.2. The second kappa shape index (κ2) is 16.2. The SMILES string of the molecule is C=C/C=C/C=C/CCCCCCC[CH]CCCC. The number of unbranched alkanes of at least 4 members (excludes halogenated alkanes) is 10. The number of rotatable bonds is 13. The summed E-state index contributed by atoms with van der Waals surface area (Å²) in [6.45, 7) is 5.90.